The van der Waals surface area contributed by atoms with Gasteiger partial charge in [-0.15, -0.1) is 11.3 Å². The number of rotatable bonds is 4. The molecule has 3 rings (SSSR count). The van der Waals surface area contributed by atoms with Gasteiger partial charge in [0.05, 0.1) is 16.4 Å². The van der Waals surface area contributed by atoms with E-state index in [2.05, 4.69) is 10.3 Å². The molecule has 0 saturated heterocycles. The van der Waals surface area contributed by atoms with Crippen LogP contribution in [0.2, 0.25) is 4.34 Å². The summed E-state index contributed by atoms with van der Waals surface area (Å²) in [5.74, 6) is -0.634. The zero-order chi connectivity index (χ0) is 14.8. The monoisotopic (exact) mass is 318 g/mol. The normalized spacial score (nSPS) is 10.7. The Kier molecular flexibility index (Phi) is 3.77. The van der Waals surface area contributed by atoms with Crippen LogP contribution in [0.15, 0.2) is 42.5 Å². The smallest absolute Gasteiger partial charge is 0.339 e. The predicted octanol–water partition coefficient (Wildman–Crippen LogP) is 4.26. The predicted molar refractivity (Wildman–Crippen MR) is 85.4 cm³/mol. The van der Waals surface area contributed by atoms with Crippen LogP contribution in [0, 0.1) is 0 Å². The van der Waals surface area contributed by atoms with E-state index in [1.54, 1.807) is 6.07 Å². The van der Waals surface area contributed by atoms with Crippen LogP contribution in [0.1, 0.15) is 15.2 Å². The van der Waals surface area contributed by atoms with E-state index in [-0.39, 0.29) is 5.56 Å². The largest absolute Gasteiger partial charge is 0.478 e. The van der Waals surface area contributed by atoms with Crippen molar-refractivity contribution in [2.75, 3.05) is 5.32 Å². The molecular weight excluding hydrogens is 308 g/mol. The number of hydrogen-bond acceptors (Lipinski definition) is 4. The van der Waals surface area contributed by atoms with Gasteiger partial charge in [0.15, 0.2) is 0 Å². The molecule has 0 spiro atoms. The van der Waals surface area contributed by atoms with Crippen LogP contribution in [0.3, 0.4) is 0 Å². The SMILES string of the molecule is O=C(O)c1cc2ccccc2nc1NCc1ccc(Cl)s1. The van der Waals surface area contributed by atoms with Crippen molar-refractivity contribution in [1.29, 1.82) is 0 Å². The average molecular weight is 319 g/mol. The molecule has 2 heterocycles. The summed E-state index contributed by atoms with van der Waals surface area (Å²) < 4.78 is 0.705. The van der Waals surface area contributed by atoms with Crippen LogP contribution in [0.25, 0.3) is 10.9 Å². The highest BCUT2D eigenvalue weighted by Crippen LogP contribution is 2.24. The number of thiophene rings is 1. The van der Waals surface area contributed by atoms with Gasteiger partial charge in [0, 0.05) is 10.3 Å². The lowest BCUT2D eigenvalue weighted by Gasteiger charge is -2.09. The van der Waals surface area contributed by atoms with Gasteiger partial charge in [-0.2, -0.15) is 0 Å². The number of nitrogens with one attached hydrogen (secondary N) is 1. The van der Waals surface area contributed by atoms with Crippen molar-refractivity contribution < 1.29 is 9.90 Å². The summed E-state index contributed by atoms with van der Waals surface area (Å²) >= 11 is 7.34. The first-order valence-corrected chi connectivity index (χ1v) is 7.44. The number of hydrogen-bond donors (Lipinski definition) is 2. The van der Waals surface area contributed by atoms with Crippen LogP contribution in [0.5, 0.6) is 0 Å². The Bertz CT molecular complexity index is 816. The van der Waals surface area contributed by atoms with Crippen LogP contribution >= 0.6 is 22.9 Å². The molecule has 0 radical (unpaired) electrons. The quantitative estimate of drug-likeness (QED) is 0.754. The third-order valence-corrected chi connectivity index (χ3v) is 4.24. The number of anilines is 1. The van der Waals surface area contributed by atoms with Crippen molar-refractivity contribution in [2.45, 2.75) is 6.54 Å². The lowest BCUT2D eigenvalue weighted by Crippen LogP contribution is -2.08. The molecule has 21 heavy (non-hydrogen) atoms. The van der Waals surface area contributed by atoms with Crippen molar-refractivity contribution in [1.82, 2.24) is 4.98 Å². The van der Waals surface area contributed by atoms with E-state index < -0.39 is 5.97 Å². The highest BCUT2D eigenvalue weighted by molar-refractivity contribution is 7.16. The van der Waals surface area contributed by atoms with E-state index in [4.69, 9.17) is 11.6 Å². The molecule has 2 aromatic heterocycles. The van der Waals surface area contributed by atoms with Crippen LogP contribution < -0.4 is 5.32 Å². The molecule has 0 atom stereocenters. The molecule has 1 aromatic carbocycles. The number of nitrogens with zero attached hydrogens (tertiary/aromatic N) is 1. The Morgan fingerprint density at radius 1 is 1.29 bits per heavy atom. The maximum Gasteiger partial charge on any atom is 0.339 e. The molecule has 0 saturated carbocycles. The standard InChI is InChI=1S/C15H11ClN2O2S/c16-13-6-5-10(21-13)8-17-14-11(15(19)20)7-9-3-1-2-4-12(9)18-14/h1-7H,8H2,(H,17,18)(H,19,20). The Morgan fingerprint density at radius 3 is 2.81 bits per heavy atom. The molecule has 106 valence electrons. The summed E-state index contributed by atoms with van der Waals surface area (Å²) in [6, 6.07) is 12.8. The first-order valence-electron chi connectivity index (χ1n) is 6.24. The lowest BCUT2D eigenvalue weighted by molar-refractivity contribution is 0.0697. The second kappa shape index (κ2) is 5.71. The molecule has 2 N–H and O–H groups in total. The van der Waals surface area contributed by atoms with Gasteiger partial charge in [-0.1, -0.05) is 29.8 Å². The molecule has 0 unspecified atom stereocenters. The molecule has 0 bridgehead atoms. The van der Waals surface area contributed by atoms with Gasteiger partial charge in [-0.05, 0) is 24.3 Å². The maximum absolute atomic E-state index is 11.4. The topological polar surface area (TPSA) is 62.2 Å². The molecule has 0 fully saturated rings. The lowest BCUT2D eigenvalue weighted by atomic mass is 10.1. The second-order valence-electron chi connectivity index (χ2n) is 4.44. The minimum Gasteiger partial charge on any atom is -0.478 e. The number of carbonyl (C=O) groups is 1. The Hall–Kier alpha value is -2.11. The fourth-order valence-corrected chi connectivity index (χ4v) is 3.06. The summed E-state index contributed by atoms with van der Waals surface area (Å²) in [7, 11) is 0. The van der Waals surface area contributed by atoms with Gasteiger partial charge in [-0.25, -0.2) is 9.78 Å². The minimum absolute atomic E-state index is 0.163. The third kappa shape index (κ3) is 2.99. The fraction of sp³-hybridized carbons (Fsp3) is 0.0667. The van der Waals surface area contributed by atoms with Crippen molar-refractivity contribution in [3.8, 4) is 0 Å². The number of para-hydroxylation sites is 1. The Labute approximate surface area is 130 Å². The molecular formula is C15H11ClN2O2S. The van der Waals surface area contributed by atoms with E-state index in [9.17, 15) is 9.90 Å². The van der Waals surface area contributed by atoms with Crippen molar-refractivity contribution in [3.05, 3.63) is 57.2 Å². The first kappa shape index (κ1) is 13.9. The van der Waals surface area contributed by atoms with Crippen molar-refractivity contribution in [2.24, 2.45) is 0 Å². The number of halogens is 1. The summed E-state index contributed by atoms with van der Waals surface area (Å²) in [6.07, 6.45) is 0. The highest BCUT2D eigenvalue weighted by atomic mass is 35.5. The van der Waals surface area contributed by atoms with Gasteiger partial charge >= 0.3 is 5.97 Å². The van der Waals surface area contributed by atoms with Gasteiger partial charge < -0.3 is 10.4 Å². The molecule has 0 aliphatic heterocycles. The number of fused-ring (bicyclic) bond motifs is 1. The van der Waals surface area contributed by atoms with Crippen molar-refractivity contribution in [3.63, 3.8) is 0 Å². The van der Waals surface area contributed by atoms with Gasteiger partial charge in [0.1, 0.15) is 11.4 Å². The maximum atomic E-state index is 11.4. The summed E-state index contributed by atoms with van der Waals surface area (Å²) in [5.41, 5.74) is 0.922. The summed E-state index contributed by atoms with van der Waals surface area (Å²) in [5, 5.41) is 13.2. The second-order valence-corrected chi connectivity index (χ2v) is 6.24. The zero-order valence-corrected chi connectivity index (χ0v) is 12.4. The number of aromatic nitrogens is 1. The van der Waals surface area contributed by atoms with E-state index in [0.29, 0.717) is 16.7 Å². The molecule has 6 heteroatoms. The van der Waals surface area contributed by atoms with Gasteiger partial charge in [-0.3, -0.25) is 0 Å². The number of benzene rings is 1. The molecule has 0 aliphatic carbocycles. The number of aromatic carboxylic acids is 1. The number of carboxylic acids is 1. The zero-order valence-electron chi connectivity index (χ0n) is 10.8. The molecule has 4 nitrogen and oxygen atoms in total. The molecule has 0 amide bonds. The Balaban J connectivity index is 1.95. The number of pyridine rings is 1. The van der Waals surface area contributed by atoms with Crippen LogP contribution in [-0.2, 0) is 6.54 Å². The van der Waals surface area contributed by atoms with E-state index >= 15 is 0 Å². The van der Waals surface area contributed by atoms with Crippen LogP contribution in [-0.4, -0.2) is 16.1 Å². The minimum atomic E-state index is -1.00. The first-order chi connectivity index (χ1) is 10.1. The average Bonchev–Trinajstić information content (AvgIpc) is 2.89. The summed E-state index contributed by atoms with van der Waals surface area (Å²) in [6.45, 7) is 0.489. The third-order valence-electron chi connectivity index (χ3n) is 3.01. The summed E-state index contributed by atoms with van der Waals surface area (Å²) in [4.78, 5) is 16.8. The van der Waals surface area contributed by atoms with Gasteiger partial charge in [0.25, 0.3) is 0 Å². The van der Waals surface area contributed by atoms with E-state index in [0.717, 1.165) is 15.8 Å². The van der Waals surface area contributed by atoms with Crippen LogP contribution in [0.4, 0.5) is 5.82 Å². The van der Waals surface area contributed by atoms with Gasteiger partial charge in [0.2, 0.25) is 0 Å². The highest BCUT2D eigenvalue weighted by Gasteiger charge is 2.13. The van der Waals surface area contributed by atoms with E-state index in [1.165, 1.54) is 11.3 Å². The van der Waals surface area contributed by atoms with E-state index in [1.807, 2.05) is 36.4 Å². The Morgan fingerprint density at radius 2 is 2.10 bits per heavy atom. The fourth-order valence-electron chi connectivity index (χ4n) is 2.03. The molecule has 0 aliphatic rings. The molecule has 3 aromatic rings. The number of carboxylic acid groups (broad SMARTS) is 1. The van der Waals surface area contributed by atoms with Crippen molar-refractivity contribution >= 4 is 45.6 Å².